The number of carbonyl (C=O) groups excluding carboxylic acids is 1. The van der Waals surface area contributed by atoms with E-state index in [0.717, 1.165) is 11.1 Å². The van der Waals surface area contributed by atoms with E-state index in [2.05, 4.69) is 4.98 Å². The molecular weight excluding hydrogens is 286 g/mol. The Morgan fingerprint density at radius 1 is 1.24 bits per heavy atom. The maximum absolute atomic E-state index is 11.4. The van der Waals surface area contributed by atoms with Crippen LogP contribution < -0.4 is 11.5 Å². The normalized spacial score (nSPS) is 10.9. The molecule has 21 heavy (non-hydrogen) atoms. The molecule has 0 aliphatic heterocycles. The second-order valence-electron chi connectivity index (χ2n) is 4.52. The van der Waals surface area contributed by atoms with E-state index in [-0.39, 0.29) is 0 Å². The van der Waals surface area contributed by atoms with Crippen LogP contribution >= 0.6 is 11.8 Å². The maximum Gasteiger partial charge on any atom is 0.257 e. The third-order valence-electron chi connectivity index (χ3n) is 3.03. The van der Waals surface area contributed by atoms with Crippen LogP contribution in [0.3, 0.4) is 0 Å². The van der Waals surface area contributed by atoms with Crippen LogP contribution in [0.15, 0.2) is 52.1 Å². The van der Waals surface area contributed by atoms with Crippen molar-refractivity contribution in [3.8, 4) is 0 Å². The molecule has 0 fully saturated rings. The topological polar surface area (TPSA) is 95.1 Å². The van der Waals surface area contributed by atoms with Gasteiger partial charge >= 0.3 is 0 Å². The molecule has 2 aromatic carbocycles. The molecule has 106 valence electrons. The standard InChI is InChI=1S/C15H13N3O2S/c16-10-5-6-13-12(7-10)18-15(20-13)21-8-9-3-1-2-4-11(9)14(17)19/h1-7H,8,16H2,(H2,17,19). The number of hydrogen-bond acceptors (Lipinski definition) is 5. The molecule has 0 atom stereocenters. The Kier molecular flexibility index (Phi) is 3.53. The van der Waals surface area contributed by atoms with Crippen LogP contribution in [0, 0.1) is 0 Å². The number of anilines is 1. The minimum absolute atomic E-state index is 0.434. The molecule has 0 bridgehead atoms. The van der Waals surface area contributed by atoms with Crippen LogP contribution in [0.4, 0.5) is 5.69 Å². The molecule has 3 aromatic rings. The average molecular weight is 299 g/mol. The second kappa shape index (κ2) is 5.49. The first kappa shape index (κ1) is 13.5. The Labute approximate surface area is 125 Å². The summed E-state index contributed by atoms with van der Waals surface area (Å²) in [6.07, 6.45) is 0. The van der Waals surface area contributed by atoms with Gasteiger partial charge in [0.15, 0.2) is 5.58 Å². The lowest BCUT2D eigenvalue weighted by Gasteiger charge is -2.04. The van der Waals surface area contributed by atoms with Gasteiger partial charge in [-0.2, -0.15) is 0 Å². The smallest absolute Gasteiger partial charge is 0.257 e. The molecule has 0 saturated carbocycles. The summed E-state index contributed by atoms with van der Waals surface area (Å²) in [5.41, 5.74) is 14.5. The van der Waals surface area contributed by atoms with E-state index >= 15 is 0 Å². The van der Waals surface area contributed by atoms with Gasteiger partial charge in [0.25, 0.3) is 5.22 Å². The van der Waals surface area contributed by atoms with Gasteiger partial charge in [-0.25, -0.2) is 4.98 Å². The van der Waals surface area contributed by atoms with Crippen LogP contribution in [0.1, 0.15) is 15.9 Å². The Morgan fingerprint density at radius 2 is 2.05 bits per heavy atom. The molecule has 3 rings (SSSR count). The predicted octanol–water partition coefficient (Wildman–Crippen LogP) is 2.80. The van der Waals surface area contributed by atoms with Crippen molar-refractivity contribution >= 4 is 34.5 Å². The van der Waals surface area contributed by atoms with Crippen LogP contribution in [-0.4, -0.2) is 10.9 Å². The number of carbonyl (C=O) groups is 1. The van der Waals surface area contributed by atoms with Gasteiger partial charge in [-0.15, -0.1) is 0 Å². The van der Waals surface area contributed by atoms with Crippen molar-refractivity contribution in [2.75, 3.05) is 5.73 Å². The zero-order valence-electron chi connectivity index (χ0n) is 11.1. The summed E-state index contributed by atoms with van der Waals surface area (Å²) in [5, 5.41) is 0.537. The number of nitrogen functional groups attached to an aromatic ring is 1. The number of nitrogens with two attached hydrogens (primary N) is 2. The Hall–Kier alpha value is -2.47. The molecule has 0 spiro atoms. The van der Waals surface area contributed by atoms with Crippen molar-refractivity contribution in [2.24, 2.45) is 5.73 Å². The molecule has 0 saturated heterocycles. The van der Waals surface area contributed by atoms with Gasteiger partial charge in [0, 0.05) is 17.0 Å². The number of hydrogen-bond donors (Lipinski definition) is 2. The summed E-state index contributed by atoms with van der Waals surface area (Å²) in [6.45, 7) is 0. The molecule has 4 N–H and O–H groups in total. The first-order chi connectivity index (χ1) is 10.1. The zero-order chi connectivity index (χ0) is 14.8. The number of thioether (sulfide) groups is 1. The molecule has 1 heterocycles. The lowest BCUT2D eigenvalue weighted by atomic mass is 10.1. The third-order valence-corrected chi connectivity index (χ3v) is 3.90. The van der Waals surface area contributed by atoms with Crippen molar-refractivity contribution in [3.63, 3.8) is 0 Å². The highest BCUT2D eigenvalue weighted by atomic mass is 32.2. The van der Waals surface area contributed by atoms with E-state index in [1.807, 2.05) is 12.1 Å². The summed E-state index contributed by atoms with van der Waals surface area (Å²) in [6, 6.07) is 12.6. The molecule has 0 unspecified atom stereocenters. The summed E-state index contributed by atoms with van der Waals surface area (Å²) < 4.78 is 5.63. The fourth-order valence-corrected chi connectivity index (χ4v) is 2.85. The largest absolute Gasteiger partial charge is 0.431 e. The number of oxazole rings is 1. The monoisotopic (exact) mass is 299 g/mol. The quantitative estimate of drug-likeness (QED) is 0.570. The first-order valence-electron chi connectivity index (χ1n) is 6.30. The molecule has 0 aliphatic rings. The molecule has 0 aliphatic carbocycles. The predicted molar refractivity (Wildman–Crippen MR) is 82.9 cm³/mol. The number of fused-ring (bicyclic) bond motifs is 1. The first-order valence-corrected chi connectivity index (χ1v) is 7.28. The average Bonchev–Trinajstić information content (AvgIpc) is 2.87. The van der Waals surface area contributed by atoms with Gasteiger partial charge in [0.1, 0.15) is 5.52 Å². The molecule has 1 aromatic heterocycles. The summed E-state index contributed by atoms with van der Waals surface area (Å²) in [5.74, 6) is 0.123. The van der Waals surface area contributed by atoms with Gasteiger partial charge in [-0.3, -0.25) is 4.79 Å². The maximum atomic E-state index is 11.4. The molecule has 1 amide bonds. The van der Waals surface area contributed by atoms with Crippen molar-refractivity contribution in [2.45, 2.75) is 11.0 Å². The van der Waals surface area contributed by atoms with Gasteiger partial charge in [0.2, 0.25) is 5.91 Å². The van der Waals surface area contributed by atoms with Crippen LogP contribution in [0.5, 0.6) is 0 Å². The highest BCUT2D eigenvalue weighted by molar-refractivity contribution is 7.98. The van der Waals surface area contributed by atoms with Crippen molar-refractivity contribution in [1.29, 1.82) is 0 Å². The van der Waals surface area contributed by atoms with E-state index in [1.165, 1.54) is 11.8 Å². The van der Waals surface area contributed by atoms with Crippen molar-refractivity contribution < 1.29 is 9.21 Å². The minimum Gasteiger partial charge on any atom is -0.431 e. The van der Waals surface area contributed by atoms with Gasteiger partial charge in [0.05, 0.1) is 0 Å². The fourth-order valence-electron chi connectivity index (χ4n) is 2.01. The Balaban J connectivity index is 1.82. The van der Waals surface area contributed by atoms with Crippen LogP contribution in [0.2, 0.25) is 0 Å². The molecular formula is C15H13N3O2S. The second-order valence-corrected chi connectivity index (χ2v) is 5.44. The Bertz CT molecular complexity index is 814. The van der Waals surface area contributed by atoms with E-state index in [4.69, 9.17) is 15.9 Å². The number of amides is 1. The van der Waals surface area contributed by atoms with Crippen LogP contribution in [-0.2, 0) is 5.75 Å². The third kappa shape index (κ3) is 2.85. The number of primary amides is 1. The Morgan fingerprint density at radius 3 is 2.86 bits per heavy atom. The van der Waals surface area contributed by atoms with Gasteiger partial charge < -0.3 is 15.9 Å². The SMILES string of the molecule is NC(=O)c1ccccc1CSc1nc2cc(N)ccc2o1. The van der Waals surface area contributed by atoms with Crippen LogP contribution in [0.25, 0.3) is 11.1 Å². The molecule has 6 heteroatoms. The highest BCUT2D eigenvalue weighted by Crippen LogP contribution is 2.28. The van der Waals surface area contributed by atoms with E-state index in [0.29, 0.717) is 27.8 Å². The summed E-state index contributed by atoms with van der Waals surface area (Å²) >= 11 is 1.41. The summed E-state index contributed by atoms with van der Waals surface area (Å²) in [4.78, 5) is 15.7. The number of rotatable bonds is 4. The summed E-state index contributed by atoms with van der Waals surface area (Å²) in [7, 11) is 0. The molecule has 0 radical (unpaired) electrons. The highest BCUT2D eigenvalue weighted by Gasteiger charge is 2.10. The zero-order valence-corrected chi connectivity index (χ0v) is 11.9. The van der Waals surface area contributed by atoms with Gasteiger partial charge in [-0.05, 0) is 29.8 Å². The number of aromatic nitrogens is 1. The fraction of sp³-hybridized carbons (Fsp3) is 0.0667. The van der Waals surface area contributed by atoms with Gasteiger partial charge in [-0.1, -0.05) is 30.0 Å². The van der Waals surface area contributed by atoms with E-state index in [1.54, 1.807) is 30.3 Å². The van der Waals surface area contributed by atoms with E-state index in [9.17, 15) is 4.79 Å². The molecule has 5 nitrogen and oxygen atoms in total. The lowest BCUT2D eigenvalue weighted by Crippen LogP contribution is -2.13. The lowest BCUT2D eigenvalue weighted by molar-refractivity contribution is 0.0999. The minimum atomic E-state index is -0.434. The van der Waals surface area contributed by atoms with E-state index < -0.39 is 5.91 Å². The van der Waals surface area contributed by atoms with Crippen molar-refractivity contribution in [3.05, 3.63) is 53.6 Å². The number of nitrogens with zero attached hydrogens (tertiary/aromatic N) is 1. The number of benzene rings is 2. The van der Waals surface area contributed by atoms with Crippen molar-refractivity contribution in [1.82, 2.24) is 4.98 Å².